The van der Waals surface area contributed by atoms with Crippen LogP contribution in [0.5, 0.6) is 0 Å². The van der Waals surface area contributed by atoms with E-state index in [0.29, 0.717) is 11.7 Å². The highest BCUT2D eigenvalue weighted by Gasteiger charge is 2.29. The summed E-state index contributed by atoms with van der Waals surface area (Å²) in [5.74, 6) is 0.956. The van der Waals surface area contributed by atoms with Crippen molar-refractivity contribution in [1.82, 2.24) is 9.97 Å². The summed E-state index contributed by atoms with van der Waals surface area (Å²) in [7, 11) is 0. The van der Waals surface area contributed by atoms with E-state index in [0.717, 1.165) is 44.6 Å². The first-order valence-corrected chi connectivity index (χ1v) is 6.11. The molecular weight excluding hydrogens is 218 g/mol. The van der Waals surface area contributed by atoms with Crippen molar-refractivity contribution in [3.05, 3.63) is 17.6 Å². The van der Waals surface area contributed by atoms with Crippen LogP contribution in [0.3, 0.4) is 0 Å². The fraction of sp³-hybridized carbons (Fsp3) is 0.583. The molecule has 1 aliphatic carbocycles. The van der Waals surface area contributed by atoms with Gasteiger partial charge in [0, 0.05) is 25.2 Å². The lowest BCUT2D eigenvalue weighted by Gasteiger charge is -2.18. The third-order valence-corrected chi connectivity index (χ3v) is 3.37. The van der Waals surface area contributed by atoms with Crippen molar-refractivity contribution < 1.29 is 9.90 Å². The number of carboxylic acid groups (broad SMARTS) is 1. The summed E-state index contributed by atoms with van der Waals surface area (Å²) < 4.78 is 0. The molecule has 1 saturated carbocycles. The second-order valence-electron chi connectivity index (χ2n) is 4.74. The largest absolute Gasteiger partial charge is 0.477 e. The standard InChI is InChI=1S/C12H15N3O2/c16-12(17)9-7-13-10(8-3-4-8)14-11(9)15-5-1-2-6-15/h7-8H,1-6H2,(H,16,17). The van der Waals surface area contributed by atoms with Gasteiger partial charge in [0.1, 0.15) is 17.2 Å². The minimum absolute atomic E-state index is 0.233. The van der Waals surface area contributed by atoms with Crippen molar-refractivity contribution in [2.24, 2.45) is 0 Å². The number of anilines is 1. The summed E-state index contributed by atoms with van der Waals surface area (Å²) >= 11 is 0. The molecule has 0 spiro atoms. The summed E-state index contributed by atoms with van der Waals surface area (Å²) in [5.41, 5.74) is 0.233. The quantitative estimate of drug-likeness (QED) is 0.859. The van der Waals surface area contributed by atoms with Crippen LogP contribution in [0, 0.1) is 0 Å². The second kappa shape index (κ2) is 3.98. The zero-order valence-corrected chi connectivity index (χ0v) is 9.59. The molecule has 1 saturated heterocycles. The molecule has 2 fully saturated rings. The van der Waals surface area contributed by atoms with E-state index in [1.54, 1.807) is 0 Å². The number of nitrogens with zero attached hydrogens (tertiary/aromatic N) is 3. The highest BCUT2D eigenvalue weighted by Crippen LogP contribution is 2.39. The summed E-state index contributed by atoms with van der Waals surface area (Å²) in [5, 5.41) is 9.16. The topological polar surface area (TPSA) is 66.3 Å². The normalized spacial score (nSPS) is 19.6. The molecule has 0 unspecified atom stereocenters. The molecule has 0 aromatic carbocycles. The molecule has 0 bridgehead atoms. The average molecular weight is 233 g/mol. The van der Waals surface area contributed by atoms with Gasteiger partial charge < -0.3 is 10.0 Å². The molecule has 2 aliphatic rings. The number of rotatable bonds is 3. The average Bonchev–Trinajstić information content (AvgIpc) is 3.04. The first kappa shape index (κ1) is 10.5. The van der Waals surface area contributed by atoms with Crippen molar-refractivity contribution in [2.75, 3.05) is 18.0 Å². The van der Waals surface area contributed by atoms with Gasteiger partial charge in [0.15, 0.2) is 0 Å². The summed E-state index contributed by atoms with van der Waals surface area (Å²) in [6, 6.07) is 0. The predicted molar refractivity (Wildman–Crippen MR) is 62.4 cm³/mol. The first-order chi connectivity index (χ1) is 8.25. The summed E-state index contributed by atoms with van der Waals surface area (Å²) in [4.78, 5) is 21.9. The number of aromatic nitrogens is 2. The maximum Gasteiger partial charge on any atom is 0.341 e. The molecule has 1 aromatic heterocycles. The number of aromatic carboxylic acids is 1. The molecule has 0 radical (unpaired) electrons. The molecule has 5 heteroatoms. The van der Waals surface area contributed by atoms with Crippen LogP contribution >= 0.6 is 0 Å². The number of carboxylic acids is 1. The van der Waals surface area contributed by atoms with E-state index >= 15 is 0 Å². The molecule has 5 nitrogen and oxygen atoms in total. The lowest BCUT2D eigenvalue weighted by atomic mass is 10.2. The fourth-order valence-electron chi connectivity index (χ4n) is 2.25. The van der Waals surface area contributed by atoms with Gasteiger partial charge in [0.25, 0.3) is 0 Å². The van der Waals surface area contributed by atoms with Crippen LogP contribution in [0.15, 0.2) is 6.20 Å². The Morgan fingerprint density at radius 1 is 1.35 bits per heavy atom. The Kier molecular flexibility index (Phi) is 2.46. The minimum Gasteiger partial charge on any atom is -0.477 e. The Morgan fingerprint density at radius 2 is 2.06 bits per heavy atom. The fourth-order valence-corrected chi connectivity index (χ4v) is 2.25. The van der Waals surface area contributed by atoms with Gasteiger partial charge in [-0.15, -0.1) is 0 Å². The molecule has 2 heterocycles. The lowest BCUT2D eigenvalue weighted by Crippen LogP contribution is -2.23. The van der Waals surface area contributed by atoms with Crippen LogP contribution in [-0.4, -0.2) is 34.1 Å². The predicted octanol–water partition coefficient (Wildman–Crippen LogP) is 1.65. The third kappa shape index (κ3) is 1.97. The second-order valence-corrected chi connectivity index (χ2v) is 4.74. The molecule has 3 rings (SSSR count). The van der Waals surface area contributed by atoms with E-state index in [1.807, 2.05) is 0 Å². The van der Waals surface area contributed by atoms with E-state index < -0.39 is 5.97 Å². The SMILES string of the molecule is O=C(O)c1cnc(C2CC2)nc1N1CCCC1. The van der Waals surface area contributed by atoms with Gasteiger partial charge in [-0.25, -0.2) is 14.8 Å². The van der Waals surface area contributed by atoms with E-state index in [1.165, 1.54) is 6.20 Å². The Bertz CT molecular complexity index is 451. The Hall–Kier alpha value is -1.65. The highest BCUT2D eigenvalue weighted by atomic mass is 16.4. The van der Waals surface area contributed by atoms with Crippen molar-refractivity contribution in [3.8, 4) is 0 Å². The lowest BCUT2D eigenvalue weighted by molar-refractivity contribution is 0.0696. The molecule has 90 valence electrons. The van der Waals surface area contributed by atoms with Crippen molar-refractivity contribution in [2.45, 2.75) is 31.6 Å². The molecule has 1 aliphatic heterocycles. The molecule has 17 heavy (non-hydrogen) atoms. The Balaban J connectivity index is 2.00. The van der Waals surface area contributed by atoms with Gasteiger partial charge in [0.05, 0.1) is 0 Å². The van der Waals surface area contributed by atoms with Crippen LogP contribution < -0.4 is 4.90 Å². The van der Waals surface area contributed by atoms with Gasteiger partial charge in [-0.3, -0.25) is 0 Å². The smallest absolute Gasteiger partial charge is 0.341 e. The Labute approximate surface area is 99.5 Å². The monoisotopic (exact) mass is 233 g/mol. The number of carbonyl (C=O) groups is 1. The van der Waals surface area contributed by atoms with E-state index in [2.05, 4.69) is 14.9 Å². The van der Waals surface area contributed by atoms with Crippen LogP contribution in [0.4, 0.5) is 5.82 Å². The van der Waals surface area contributed by atoms with Crippen LogP contribution in [0.25, 0.3) is 0 Å². The van der Waals surface area contributed by atoms with Crippen molar-refractivity contribution >= 4 is 11.8 Å². The zero-order valence-electron chi connectivity index (χ0n) is 9.59. The minimum atomic E-state index is -0.936. The van der Waals surface area contributed by atoms with Crippen LogP contribution in [0.1, 0.15) is 47.8 Å². The summed E-state index contributed by atoms with van der Waals surface area (Å²) in [6.45, 7) is 1.81. The molecular formula is C12H15N3O2. The van der Waals surface area contributed by atoms with Gasteiger partial charge >= 0.3 is 5.97 Å². The van der Waals surface area contributed by atoms with Crippen LogP contribution in [-0.2, 0) is 0 Å². The third-order valence-electron chi connectivity index (χ3n) is 3.37. The maximum atomic E-state index is 11.2. The van der Waals surface area contributed by atoms with Crippen molar-refractivity contribution in [1.29, 1.82) is 0 Å². The number of hydrogen-bond acceptors (Lipinski definition) is 4. The number of hydrogen-bond donors (Lipinski definition) is 1. The molecule has 0 atom stereocenters. The van der Waals surface area contributed by atoms with Gasteiger partial charge in [-0.05, 0) is 25.7 Å². The zero-order chi connectivity index (χ0) is 11.8. The highest BCUT2D eigenvalue weighted by molar-refractivity contribution is 5.93. The van der Waals surface area contributed by atoms with Crippen LogP contribution in [0.2, 0.25) is 0 Å². The molecule has 1 N–H and O–H groups in total. The van der Waals surface area contributed by atoms with E-state index in [-0.39, 0.29) is 5.56 Å². The van der Waals surface area contributed by atoms with Gasteiger partial charge in [-0.2, -0.15) is 0 Å². The van der Waals surface area contributed by atoms with Gasteiger partial charge in [0.2, 0.25) is 0 Å². The van der Waals surface area contributed by atoms with E-state index in [4.69, 9.17) is 5.11 Å². The summed E-state index contributed by atoms with van der Waals surface area (Å²) in [6.07, 6.45) is 5.96. The maximum absolute atomic E-state index is 11.2. The molecule has 1 aromatic rings. The molecule has 0 amide bonds. The van der Waals surface area contributed by atoms with Crippen molar-refractivity contribution in [3.63, 3.8) is 0 Å². The Morgan fingerprint density at radius 3 is 2.65 bits per heavy atom. The van der Waals surface area contributed by atoms with Gasteiger partial charge in [-0.1, -0.05) is 0 Å². The van der Waals surface area contributed by atoms with E-state index in [9.17, 15) is 4.79 Å². The first-order valence-electron chi connectivity index (χ1n) is 6.11.